The van der Waals surface area contributed by atoms with Gasteiger partial charge in [-0.3, -0.25) is 14.6 Å². The third-order valence-electron chi connectivity index (χ3n) is 6.13. The van der Waals surface area contributed by atoms with Crippen LogP contribution in [0.15, 0.2) is 59.7 Å². The second-order valence-corrected chi connectivity index (χ2v) is 9.61. The van der Waals surface area contributed by atoms with E-state index in [9.17, 15) is 9.59 Å². The molecule has 0 radical (unpaired) electrons. The number of amides is 2. The Balaban J connectivity index is 1.45. The Labute approximate surface area is 199 Å². The normalized spacial score (nSPS) is 18.1. The van der Waals surface area contributed by atoms with E-state index in [0.717, 1.165) is 17.6 Å². The molecule has 0 aliphatic carbocycles. The Bertz CT molecular complexity index is 1140. The topological polar surface area (TPSA) is 65.0 Å². The summed E-state index contributed by atoms with van der Waals surface area (Å²) >= 11 is 6.06. The Kier molecular flexibility index (Phi) is 6.56. The maximum Gasteiger partial charge on any atom is 0.289 e. The fraction of sp³-hybridized carbons (Fsp3) is 0.346. The van der Waals surface area contributed by atoms with Crippen molar-refractivity contribution in [2.75, 3.05) is 26.2 Å². The summed E-state index contributed by atoms with van der Waals surface area (Å²) in [5.74, 6) is 0.130. The molecule has 2 heterocycles. The molecule has 4 rings (SSSR count). The molecule has 1 fully saturated rings. The maximum absolute atomic E-state index is 13.4. The lowest BCUT2D eigenvalue weighted by Gasteiger charge is -2.47. The lowest BCUT2D eigenvalue weighted by Crippen LogP contribution is -2.63. The van der Waals surface area contributed by atoms with Gasteiger partial charge in [0.05, 0.1) is 5.54 Å². The zero-order valence-corrected chi connectivity index (χ0v) is 20.0. The van der Waals surface area contributed by atoms with Gasteiger partial charge in [-0.2, -0.15) is 0 Å². The summed E-state index contributed by atoms with van der Waals surface area (Å²) in [6, 6.07) is 15.3. The number of carbonyl (C=O) groups excluding carboxylic acids is 2. The van der Waals surface area contributed by atoms with E-state index < -0.39 is 5.54 Å². The van der Waals surface area contributed by atoms with Gasteiger partial charge in [-0.25, -0.2) is 0 Å². The van der Waals surface area contributed by atoms with Gasteiger partial charge in [0.25, 0.3) is 11.8 Å². The van der Waals surface area contributed by atoms with E-state index in [2.05, 4.69) is 35.4 Å². The molecule has 2 aromatic carbocycles. The Morgan fingerprint density at radius 2 is 1.85 bits per heavy atom. The number of carbonyl (C=O) groups is 2. The van der Waals surface area contributed by atoms with Gasteiger partial charge in [0.2, 0.25) is 0 Å². The number of aliphatic imine (C=N–C) groups is 1. The molecule has 0 aromatic heterocycles. The minimum absolute atomic E-state index is 0.0756. The number of nitrogens with one attached hydrogen (secondary N) is 1. The van der Waals surface area contributed by atoms with Crippen LogP contribution in [-0.4, -0.2) is 59.2 Å². The molecule has 1 saturated heterocycles. The van der Waals surface area contributed by atoms with E-state index in [4.69, 9.17) is 11.6 Å². The van der Waals surface area contributed by atoms with Crippen LogP contribution < -0.4 is 5.32 Å². The number of amidine groups is 1. The second-order valence-electron chi connectivity index (χ2n) is 9.17. The molecule has 2 aliphatic heterocycles. The van der Waals surface area contributed by atoms with E-state index in [-0.39, 0.29) is 11.8 Å². The number of benzene rings is 2. The zero-order valence-electron chi connectivity index (χ0n) is 19.3. The molecule has 1 N–H and O–H groups in total. The van der Waals surface area contributed by atoms with Crippen LogP contribution >= 0.6 is 11.6 Å². The van der Waals surface area contributed by atoms with Crippen molar-refractivity contribution in [3.05, 3.63) is 76.4 Å². The smallest absolute Gasteiger partial charge is 0.289 e. The first-order valence-corrected chi connectivity index (χ1v) is 11.6. The first kappa shape index (κ1) is 23.1. The summed E-state index contributed by atoms with van der Waals surface area (Å²) in [4.78, 5) is 34.5. The van der Waals surface area contributed by atoms with Crippen LogP contribution in [0, 0.1) is 6.92 Å². The van der Waals surface area contributed by atoms with Crippen molar-refractivity contribution in [2.24, 2.45) is 4.99 Å². The first-order valence-electron chi connectivity index (χ1n) is 11.2. The van der Waals surface area contributed by atoms with Crippen LogP contribution in [0.2, 0.25) is 5.02 Å². The molecule has 7 heteroatoms. The summed E-state index contributed by atoms with van der Waals surface area (Å²) in [6.45, 7) is 7.90. The van der Waals surface area contributed by atoms with Crippen molar-refractivity contribution in [3.8, 4) is 0 Å². The van der Waals surface area contributed by atoms with Crippen molar-refractivity contribution in [1.82, 2.24) is 15.1 Å². The molecule has 2 aromatic rings. The SMILES string of the molecule is Cc1cccc(C2=CNC(C(=O)N3CCN(C(=O)c4cccc(Cl)c4)CC3(C)C)=NCC2)c1. The van der Waals surface area contributed by atoms with Crippen LogP contribution in [0.5, 0.6) is 0 Å². The standard InChI is InChI=1S/C26H29ClN4O2/c1-18-6-4-7-19(14-18)21-10-11-28-23(29-16-21)25(33)31-13-12-30(17-26(31,2)3)24(32)20-8-5-9-22(27)15-20/h4-9,14-16H,10-13,17H2,1-3H3,(H,28,29). The fourth-order valence-corrected chi connectivity index (χ4v) is 4.59. The summed E-state index contributed by atoms with van der Waals surface area (Å²) in [5.41, 5.74) is 3.48. The van der Waals surface area contributed by atoms with Crippen LogP contribution in [0.25, 0.3) is 5.57 Å². The molecule has 6 nitrogen and oxygen atoms in total. The van der Waals surface area contributed by atoms with Gasteiger partial charge in [-0.1, -0.05) is 47.5 Å². The number of hydrogen-bond donors (Lipinski definition) is 1. The van der Waals surface area contributed by atoms with E-state index in [0.29, 0.717) is 42.6 Å². The lowest BCUT2D eigenvalue weighted by atomic mass is 9.97. The molecule has 2 amide bonds. The van der Waals surface area contributed by atoms with Crippen molar-refractivity contribution < 1.29 is 9.59 Å². The van der Waals surface area contributed by atoms with Gasteiger partial charge in [0, 0.05) is 43.0 Å². The number of hydrogen-bond acceptors (Lipinski definition) is 4. The van der Waals surface area contributed by atoms with Crippen LogP contribution in [0.4, 0.5) is 0 Å². The van der Waals surface area contributed by atoms with Crippen molar-refractivity contribution in [3.63, 3.8) is 0 Å². The highest BCUT2D eigenvalue weighted by Crippen LogP contribution is 2.25. The summed E-state index contributed by atoms with van der Waals surface area (Å²) in [7, 11) is 0. The summed E-state index contributed by atoms with van der Waals surface area (Å²) < 4.78 is 0. The van der Waals surface area contributed by atoms with Gasteiger partial charge in [0.1, 0.15) is 0 Å². The van der Waals surface area contributed by atoms with E-state index >= 15 is 0 Å². The number of halogens is 1. The number of aryl methyl sites for hydroxylation is 1. The number of piperazine rings is 1. The highest BCUT2D eigenvalue weighted by Gasteiger charge is 2.40. The monoisotopic (exact) mass is 464 g/mol. The van der Waals surface area contributed by atoms with Crippen molar-refractivity contribution in [2.45, 2.75) is 32.7 Å². The summed E-state index contributed by atoms with van der Waals surface area (Å²) in [5, 5.41) is 3.68. The molecular formula is C26H29ClN4O2. The average Bonchev–Trinajstić information content (AvgIpc) is 3.04. The molecule has 172 valence electrons. The Morgan fingerprint density at radius 1 is 1.06 bits per heavy atom. The first-order chi connectivity index (χ1) is 15.7. The Morgan fingerprint density at radius 3 is 2.58 bits per heavy atom. The maximum atomic E-state index is 13.4. The van der Waals surface area contributed by atoms with E-state index in [1.807, 2.05) is 31.0 Å². The van der Waals surface area contributed by atoms with Crippen LogP contribution in [-0.2, 0) is 4.79 Å². The van der Waals surface area contributed by atoms with Gasteiger partial charge >= 0.3 is 0 Å². The third-order valence-corrected chi connectivity index (χ3v) is 6.37. The third kappa shape index (κ3) is 5.11. The molecule has 2 aliphatic rings. The minimum Gasteiger partial charge on any atom is -0.342 e. The minimum atomic E-state index is -0.539. The van der Waals surface area contributed by atoms with Crippen LogP contribution in [0.1, 0.15) is 41.8 Å². The number of nitrogens with zero attached hydrogens (tertiary/aromatic N) is 3. The fourth-order valence-electron chi connectivity index (χ4n) is 4.40. The quantitative estimate of drug-likeness (QED) is 0.742. The highest BCUT2D eigenvalue weighted by atomic mass is 35.5. The van der Waals surface area contributed by atoms with Crippen molar-refractivity contribution >= 4 is 34.8 Å². The van der Waals surface area contributed by atoms with E-state index in [1.54, 1.807) is 29.2 Å². The molecule has 0 spiro atoms. The predicted molar refractivity (Wildman–Crippen MR) is 132 cm³/mol. The molecule has 0 unspecified atom stereocenters. The van der Waals surface area contributed by atoms with E-state index in [1.165, 1.54) is 5.56 Å². The largest absolute Gasteiger partial charge is 0.342 e. The van der Waals surface area contributed by atoms with Crippen molar-refractivity contribution in [1.29, 1.82) is 0 Å². The molecule has 33 heavy (non-hydrogen) atoms. The molecule has 0 atom stereocenters. The molecular weight excluding hydrogens is 436 g/mol. The van der Waals surface area contributed by atoms with Crippen LogP contribution in [0.3, 0.4) is 0 Å². The van der Waals surface area contributed by atoms with Gasteiger partial charge in [-0.15, -0.1) is 0 Å². The predicted octanol–water partition coefficient (Wildman–Crippen LogP) is 4.14. The summed E-state index contributed by atoms with van der Waals surface area (Å²) in [6.07, 6.45) is 2.66. The zero-order chi connectivity index (χ0) is 23.6. The Hall–Kier alpha value is -3.12. The molecule has 0 saturated carbocycles. The van der Waals surface area contributed by atoms with Gasteiger partial charge < -0.3 is 15.1 Å². The molecule has 0 bridgehead atoms. The van der Waals surface area contributed by atoms with Gasteiger partial charge in [-0.05, 0) is 56.5 Å². The average molecular weight is 465 g/mol. The van der Waals surface area contributed by atoms with Gasteiger partial charge in [0.15, 0.2) is 5.84 Å². The second kappa shape index (κ2) is 9.40. The lowest BCUT2D eigenvalue weighted by molar-refractivity contribution is -0.132. The number of rotatable bonds is 3. The highest BCUT2D eigenvalue weighted by molar-refractivity contribution is 6.38.